The molecule has 5 heterocycles. The van der Waals surface area contributed by atoms with E-state index in [1.165, 1.54) is 6.92 Å². The van der Waals surface area contributed by atoms with Gasteiger partial charge in [-0.2, -0.15) is 4.57 Å². The first-order valence-corrected chi connectivity index (χ1v) is 23.3. The van der Waals surface area contributed by atoms with E-state index in [2.05, 4.69) is 138 Å². The van der Waals surface area contributed by atoms with Crippen molar-refractivity contribution in [3.8, 4) is 67.5 Å². The number of imidazole rings is 1. The molecule has 6 aromatic carbocycles. The lowest BCUT2D eigenvalue weighted by molar-refractivity contribution is -0.997. The molecule has 1 atom stereocenters. The largest absolute Gasteiger partial charge is 0.499 e. The van der Waals surface area contributed by atoms with Gasteiger partial charge in [0, 0.05) is 31.5 Å². The molecule has 0 bridgehead atoms. The lowest BCUT2D eigenvalue weighted by Gasteiger charge is -2.36. The second-order valence-corrected chi connectivity index (χ2v) is 22.2. The summed E-state index contributed by atoms with van der Waals surface area (Å²) < 4.78 is 99.3. The average molecular weight is 877 g/mol. The summed E-state index contributed by atoms with van der Waals surface area (Å²) in [4.78, 5) is 0. The van der Waals surface area contributed by atoms with Crippen LogP contribution in [0.15, 0.2) is 127 Å². The van der Waals surface area contributed by atoms with Crippen molar-refractivity contribution in [1.82, 2.24) is 4.57 Å². The fourth-order valence-corrected chi connectivity index (χ4v) is 10.5. The van der Waals surface area contributed by atoms with Gasteiger partial charge < -0.3 is 4.74 Å². The zero-order chi connectivity index (χ0) is 54.5. The Labute approximate surface area is 405 Å². The van der Waals surface area contributed by atoms with Crippen LogP contribution in [0.2, 0.25) is 0 Å². The molecule has 0 saturated carbocycles. The van der Waals surface area contributed by atoms with Crippen molar-refractivity contribution in [3.63, 3.8) is 0 Å². The molecule has 4 nitrogen and oxygen atoms in total. The molecule has 0 saturated heterocycles. The highest BCUT2D eigenvalue weighted by Crippen LogP contribution is 2.56. The molecule has 3 aliphatic heterocycles. The Balaban J connectivity index is 1.34. The summed E-state index contributed by atoms with van der Waals surface area (Å²) in [6.45, 7) is 28.6. The number of rotatable bonds is 5. The molecule has 0 aliphatic carbocycles. The second-order valence-electron chi connectivity index (χ2n) is 22.2. The molecule has 66 heavy (non-hydrogen) atoms. The van der Waals surface area contributed by atoms with Crippen LogP contribution >= 0.6 is 0 Å². The summed E-state index contributed by atoms with van der Waals surface area (Å²) in [5, 5.41) is 0. The molecule has 11 rings (SSSR count). The molecule has 1 spiro atoms. The normalized spacial score (nSPS) is 18.1. The topological polar surface area (TPSA) is 21.9 Å². The Morgan fingerprint density at radius 2 is 1.24 bits per heavy atom. The number of hydrogen-bond acceptors (Lipinski definition) is 1. The van der Waals surface area contributed by atoms with Crippen molar-refractivity contribution < 1.29 is 26.2 Å². The van der Waals surface area contributed by atoms with Crippen LogP contribution in [0.1, 0.15) is 153 Å². The minimum absolute atomic E-state index is 0.146. The molecule has 0 amide bonds. The number of aromatic nitrogens is 3. The summed E-state index contributed by atoms with van der Waals surface area (Å²) in [7, 11) is 0. The predicted molar refractivity (Wildman–Crippen MR) is 273 cm³/mol. The van der Waals surface area contributed by atoms with Gasteiger partial charge >= 0.3 is 11.7 Å². The maximum atomic E-state index is 10.4. The highest BCUT2D eigenvalue weighted by molar-refractivity contribution is 5.98. The molecular formula is C62H65N3O+2. The maximum Gasteiger partial charge on any atom is 0.499 e. The van der Waals surface area contributed by atoms with E-state index in [1.807, 2.05) is 45.9 Å². The van der Waals surface area contributed by atoms with Gasteiger partial charge in [-0.25, -0.2) is 0 Å². The number of pyridine rings is 1. The number of benzene rings is 6. The van der Waals surface area contributed by atoms with E-state index in [1.54, 1.807) is 4.57 Å². The molecule has 332 valence electrons. The number of hydrogen-bond donors (Lipinski definition) is 0. The van der Waals surface area contributed by atoms with Crippen LogP contribution in [0.3, 0.4) is 0 Å². The quantitative estimate of drug-likeness (QED) is 0.158. The minimum atomic E-state index is -1.74. The zero-order valence-corrected chi connectivity index (χ0v) is 40.8. The fourth-order valence-electron chi connectivity index (χ4n) is 10.5. The Morgan fingerprint density at radius 1 is 0.636 bits per heavy atom. The first kappa shape index (κ1) is 33.2. The third-order valence-electron chi connectivity index (χ3n) is 13.9. The summed E-state index contributed by atoms with van der Waals surface area (Å²) in [6, 6.07) is 27.5. The van der Waals surface area contributed by atoms with Gasteiger partial charge in [0.25, 0.3) is 0 Å². The smallest absolute Gasteiger partial charge is 0.392 e. The van der Waals surface area contributed by atoms with Crippen molar-refractivity contribution >= 4 is 11.0 Å². The average Bonchev–Trinajstić information content (AvgIpc) is 4.08. The van der Waals surface area contributed by atoms with E-state index in [0.717, 1.165) is 78.2 Å². The number of nitrogens with zero attached hydrogens (tertiary/aromatic N) is 3. The lowest BCUT2D eigenvalue weighted by Crippen LogP contribution is -2.78. The highest BCUT2D eigenvalue weighted by Gasteiger charge is 2.69. The minimum Gasteiger partial charge on any atom is -0.392 e. The van der Waals surface area contributed by atoms with Gasteiger partial charge in [-0.3, -0.25) is 0 Å². The van der Waals surface area contributed by atoms with Gasteiger partial charge in [0.2, 0.25) is 5.69 Å². The summed E-state index contributed by atoms with van der Waals surface area (Å²) in [5.41, 5.74) is 11.8. The van der Waals surface area contributed by atoms with Crippen LogP contribution in [-0.4, -0.2) is 4.57 Å². The van der Waals surface area contributed by atoms with Crippen molar-refractivity contribution in [2.24, 2.45) is 0 Å². The van der Waals surface area contributed by atoms with E-state index >= 15 is 0 Å². The van der Waals surface area contributed by atoms with Crippen LogP contribution < -0.4 is 13.9 Å². The van der Waals surface area contributed by atoms with Gasteiger partial charge in [-0.1, -0.05) is 162 Å². The molecule has 0 radical (unpaired) electrons. The van der Waals surface area contributed by atoms with E-state index in [9.17, 15) is 9.60 Å². The standard InChI is InChI=1S/C62H65N3O/c1-36(2)45-17-15-18-46(37(3)4)54(45)40-25-27-44(28-26-40)64-52-20-16-19-47-48-32-42(59(6,7)8)33-49-53-31-41(39-23-21-38(5)22-24-39)29-30-63(53)62(55(48)49)65(56(47)52)58(64)50-34-43(60(9,10)11)35-51(57(50)66-62)61(12,13)14/h15-37H,1-14H3/q+2/i21D,22D,23D,24D,29D,30D,31D,36D,37D. The third kappa shape index (κ3) is 6.02. The van der Waals surface area contributed by atoms with Crippen molar-refractivity contribution in [2.75, 3.05) is 0 Å². The Morgan fingerprint density at radius 3 is 1.86 bits per heavy atom. The summed E-state index contributed by atoms with van der Waals surface area (Å²) in [6.07, 6.45) is -0.313. The molecule has 1 unspecified atom stereocenters. The Hall–Kier alpha value is -6.26. The third-order valence-corrected chi connectivity index (χ3v) is 13.9. The van der Waals surface area contributed by atoms with Gasteiger partial charge in [0.1, 0.15) is 18.2 Å². The molecule has 4 heteroatoms. The van der Waals surface area contributed by atoms with Gasteiger partial charge in [-0.05, 0) is 122 Å². The second kappa shape index (κ2) is 14.1. The van der Waals surface area contributed by atoms with E-state index < -0.39 is 34.5 Å². The first-order chi connectivity index (χ1) is 34.7. The zero-order valence-electron chi connectivity index (χ0n) is 49.8. The van der Waals surface area contributed by atoms with Crippen LogP contribution in [0, 0.1) is 6.92 Å². The first-order valence-electron chi connectivity index (χ1n) is 27.8. The fraction of sp³-hybridized carbons (Fsp3) is 0.323. The van der Waals surface area contributed by atoms with Crippen LogP contribution in [0.5, 0.6) is 5.75 Å². The molecule has 0 N–H and O–H groups in total. The molecular weight excluding hydrogens is 803 g/mol. The van der Waals surface area contributed by atoms with Crippen LogP contribution in [-0.2, 0) is 22.1 Å². The molecule has 3 aliphatic rings. The van der Waals surface area contributed by atoms with Crippen molar-refractivity contribution in [1.29, 1.82) is 0 Å². The van der Waals surface area contributed by atoms with E-state index in [4.69, 9.17) is 7.48 Å². The lowest BCUT2D eigenvalue weighted by atomic mass is 9.78. The monoisotopic (exact) mass is 877 g/mol. The van der Waals surface area contributed by atoms with Gasteiger partial charge in [0.15, 0.2) is 23.0 Å². The molecule has 8 aromatic rings. The number of para-hydroxylation sites is 1. The van der Waals surface area contributed by atoms with Gasteiger partial charge in [0.05, 0.1) is 13.8 Å². The van der Waals surface area contributed by atoms with Crippen molar-refractivity contribution in [3.05, 3.63) is 166 Å². The highest BCUT2D eigenvalue weighted by atomic mass is 16.5. The SMILES string of the molecule is [2H]c1c([2H])c(-c2c([2H])c([2H])[n+]3c(c2[2H])-c2cc(C(C)(C)C)cc4c2C32Oc3c(cc(C(C)(C)C)cc3C(C)(C)C)-c3n(-c5ccc(-c6c(C([2H])(C)C)cccc6C([2H])(C)C)cc5)c5cccc-4c5[n+]32)c([2H])c([2H])c1C. The van der Waals surface area contributed by atoms with E-state index in [0.29, 0.717) is 16.9 Å². The van der Waals surface area contributed by atoms with E-state index in [-0.39, 0.29) is 64.2 Å². The number of ether oxygens (including phenoxy) is 1. The molecule has 2 aromatic heterocycles. The summed E-state index contributed by atoms with van der Waals surface area (Å²) in [5.74, 6) is -2.27. The Kier molecular flexibility index (Phi) is 7.12. The number of fused-ring (bicyclic) bond motifs is 5. The predicted octanol–water partition coefficient (Wildman–Crippen LogP) is 15.2. The molecule has 0 fully saturated rings. The van der Waals surface area contributed by atoms with Crippen LogP contribution in [0.4, 0.5) is 0 Å². The Bertz CT molecular complexity index is 3790. The summed E-state index contributed by atoms with van der Waals surface area (Å²) >= 11 is 0. The van der Waals surface area contributed by atoms with Gasteiger partial charge in [-0.15, -0.1) is 9.13 Å². The van der Waals surface area contributed by atoms with Crippen molar-refractivity contribution in [2.45, 2.75) is 131 Å². The van der Waals surface area contributed by atoms with Crippen LogP contribution in [0.25, 0.3) is 72.7 Å². The maximum absolute atomic E-state index is 10.4.